The fourth-order valence-corrected chi connectivity index (χ4v) is 1.78. The van der Waals surface area contributed by atoms with Gasteiger partial charge in [0.05, 0.1) is 6.61 Å². The largest absolute Gasteiger partial charge is 0.479 e. The average Bonchev–Trinajstić information content (AvgIpc) is 2.41. The molecule has 1 aromatic rings. The highest BCUT2D eigenvalue weighted by Crippen LogP contribution is 2.13. The lowest BCUT2D eigenvalue weighted by atomic mass is 10.0. The summed E-state index contributed by atoms with van der Waals surface area (Å²) in [5.41, 5.74) is 1.14. The van der Waals surface area contributed by atoms with Gasteiger partial charge >= 0.3 is 0 Å². The Hall–Kier alpha value is -1.57. The summed E-state index contributed by atoms with van der Waals surface area (Å²) in [4.78, 5) is 0. The summed E-state index contributed by atoms with van der Waals surface area (Å²) in [6, 6.07) is 10.1. The minimum absolute atomic E-state index is 0.0785. The Labute approximate surface area is 115 Å². The molecule has 0 saturated heterocycles. The lowest BCUT2D eigenvalue weighted by Gasteiger charge is -2.21. The van der Waals surface area contributed by atoms with Crippen molar-refractivity contribution in [3.05, 3.63) is 29.8 Å². The molecule has 19 heavy (non-hydrogen) atoms. The standard InChI is InChI=1S/C15H22N2O2/c1-12(2)15(11-18-3)17-10-13-5-4-6-14(9-13)19-8-7-16/h4-6,9,12,15,17H,8,10-11H2,1-3H3. The van der Waals surface area contributed by atoms with Crippen molar-refractivity contribution in [1.82, 2.24) is 5.32 Å². The second-order valence-electron chi connectivity index (χ2n) is 4.78. The third-order valence-electron chi connectivity index (χ3n) is 2.92. The minimum atomic E-state index is 0.0785. The van der Waals surface area contributed by atoms with Crippen LogP contribution in [0.25, 0.3) is 0 Å². The molecule has 1 rings (SSSR count). The maximum atomic E-state index is 8.49. The van der Waals surface area contributed by atoms with Crippen LogP contribution in [0, 0.1) is 17.2 Å². The first kappa shape index (κ1) is 15.5. The van der Waals surface area contributed by atoms with E-state index in [4.69, 9.17) is 14.7 Å². The van der Waals surface area contributed by atoms with E-state index in [-0.39, 0.29) is 6.61 Å². The maximum absolute atomic E-state index is 8.49. The number of hydrogen-bond donors (Lipinski definition) is 1. The van der Waals surface area contributed by atoms with E-state index in [0.29, 0.717) is 18.6 Å². The first-order valence-electron chi connectivity index (χ1n) is 6.48. The van der Waals surface area contributed by atoms with Crippen molar-refractivity contribution in [3.63, 3.8) is 0 Å². The van der Waals surface area contributed by atoms with E-state index in [2.05, 4.69) is 19.2 Å². The molecule has 0 fully saturated rings. The number of nitriles is 1. The molecule has 104 valence electrons. The second kappa shape index (κ2) is 8.52. The number of ether oxygens (including phenoxy) is 2. The van der Waals surface area contributed by atoms with Gasteiger partial charge in [0.2, 0.25) is 0 Å². The van der Waals surface area contributed by atoms with E-state index >= 15 is 0 Å². The van der Waals surface area contributed by atoms with Gasteiger partial charge in [0.1, 0.15) is 11.8 Å². The third-order valence-corrected chi connectivity index (χ3v) is 2.92. The van der Waals surface area contributed by atoms with Crippen LogP contribution < -0.4 is 10.1 Å². The molecule has 4 nitrogen and oxygen atoms in total. The summed E-state index contributed by atoms with van der Waals surface area (Å²) in [5.74, 6) is 1.24. The Bertz CT molecular complexity index is 413. The molecule has 1 N–H and O–H groups in total. The Morgan fingerprint density at radius 3 is 2.79 bits per heavy atom. The van der Waals surface area contributed by atoms with Gasteiger partial charge in [-0.3, -0.25) is 0 Å². The van der Waals surface area contributed by atoms with Crippen molar-refractivity contribution in [2.75, 3.05) is 20.3 Å². The van der Waals surface area contributed by atoms with Gasteiger partial charge in [0.25, 0.3) is 0 Å². The van der Waals surface area contributed by atoms with Crippen molar-refractivity contribution in [2.45, 2.75) is 26.4 Å². The summed E-state index contributed by atoms with van der Waals surface area (Å²) < 4.78 is 10.5. The SMILES string of the molecule is COCC(NCc1cccc(OCC#N)c1)C(C)C. The van der Waals surface area contributed by atoms with Crippen LogP contribution in [0.5, 0.6) is 5.75 Å². The quantitative estimate of drug-likeness (QED) is 0.781. The van der Waals surface area contributed by atoms with E-state index in [1.165, 1.54) is 0 Å². The van der Waals surface area contributed by atoms with Crippen LogP contribution in [0.2, 0.25) is 0 Å². The van der Waals surface area contributed by atoms with Crippen LogP contribution in [-0.4, -0.2) is 26.4 Å². The highest BCUT2D eigenvalue weighted by molar-refractivity contribution is 5.28. The highest BCUT2D eigenvalue weighted by Gasteiger charge is 2.12. The van der Waals surface area contributed by atoms with Crippen LogP contribution in [0.4, 0.5) is 0 Å². The van der Waals surface area contributed by atoms with Gasteiger partial charge in [-0.25, -0.2) is 0 Å². The Kier molecular flexibility index (Phi) is 6.94. The van der Waals surface area contributed by atoms with E-state index in [9.17, 15) is 0 Å². The smallest absolute Gasteiger partial charge is 0.174 e. The molecule has 4 heteroatoms. The Morgan fingerprint density at radius 2 is 2.16 bits per heavy atom. The van der Waals surface area contributed by atoms with E-state index in [1.807, 2.05) is 30.3 Å². The number of nitrogens with zero attached hydrogens (tertiary/aromatic N) is 1. The molecule has 1 unspecified atom stereocenters. The van der Waals surface area contributed by atoms with Crippen molar-refractivity contribution in [1.29, 1.82) is 5.26 Å². The first-order chi connectivity index (χ1) is 9.17. The predicted octanol–water partition coefficient (Wildman–Crippen LogP) is 2.35. The van der Waals surface area contributed by atoms with Crippen LogP contribution in [-0.2, 0) is 11.3 Å². The molecule has 0 amide bonds. The van der Waals surface area contributed by atoms with Crippen LogP contribution in [0.3, 0.4) is 0 Å². The van der Waals surface area contributed by atoms with Crippen LogP contribution in [0.15, 0.2) is 24.3 Å². The van der Waals surface area contributed by atoms with Crippen molar-refractivity contribution < 1.29 is 9.47 Å². The van der Waals surface area contributed by atoms with Gasteiger partial charge in [0, 0.05) is 19.7 Å². The predicted molar refractivity (Wildman–Crippen MR) is 74.9 cm³/mol. The van der Waals surface area contributed by atoms with Gasteiger partial charge in [0.15, 0.2) is 6.61 Å². The normalized spacial score (nSPS) is 12.2. The van der Waals surface area contributed by atoms with E-state index < -0.39 is 0 Å². The maximum Gasteiger partial charge on any atom is 0.174 e. The van der Waals surface area contributed by atoms with Gasteiger partial charge in [-0.2, -0.15) is 5.26 Å². The average molecular weight is 262 g/mol. The molecular formula is C15H22N2O2. The summed E-state index contributed by atoms with van der Waals surface area (Å²) in [6.07, 6.45) is 0. The van der Waals surface area contributed by atoms with E-state index in [0.717, 1.165) is 17.9 Å². The van der Waals surface area contributed by atoms with Crippen LogP contribution >= 0.6 is 0 Å². The number of hydrogen-bond acceptors (Lipinski definition) is 4. The van der Waals surface area contributed by atoms with Gasteiger partial charge in [-0.05, 0) is 23.6 Å². The summed E-state index contributed by atoms with van der Waals surface area (Å²) in [7, 11) is 1.72. The molecule has 0 radical (unpaired) electrons. The third kappa shape index (κ3) is 5.73. The number of benzene rings is 1. The summed E-state index contributed by atoms with van der Waals surface area (Å²) >= 11 is 0. The molecule has 0 bridgehead atoms. The fourth-order valence-electron chi connectivity index (χ4n) is 1.78. The molecule has 0 aromatic heterocycles. The monoisotopic (exact) mass is 262 g/mol. The lowest BCUT2D eigenvalue weighted by molar-refractivity contribution is 0.146. The summed E-state index contributed by atoms with van der Waals surface area (Å²) in [6.45, 7) is 5.87. The first-order valence-corrected chi connectivity index (χ1v) is 6.48. The lowest BCUT2D eigenvalue weighted by Crippen LogP contribution is -2.37. The van der Waals surface area contributed by atoms with Gasteiger partial charge in [-0.1, -0.05) is 26.0 Å². The summed E-state index contributed by atoms with van der Waals surface area (Å²) in [5, 5.41) is 12.0. The van der Waals surface area contributed by atoms with Crippen molar-refractivity contribution >= 4 is 0 Å². The number of rotatable bonds is 8. The molecule has 0 aliphatic carbocycles. The van der Waals surface area contributed by atoms with Crippen molar-refractivity contribution in [2.24, 2.45) is 5.92 Å². The zero-order valence-corrected chi connectivity index (χ0v) is 11.8. The van der Waals surface area contributed by atoms with Crippen LogP contribution in [0.1, 0.15) is 19.4 Å². The topological polar surface area (TPSA) is 54.3 Å². The highest BCUT2D eigenvalue weighted by atomic mass is 16.5. The molecular weight excluding hydrogens is 240 g/mol. The molecule has 0 saturated carbocycles. The Balaban J connectivity index is 2.54. The molecule has 0 aliphatic heterocycles. The zero-order chi connectivity index (χ0) is 14.1. The molecule has 0 aliphatic rings. The Morgan fingerprint density at radius 1 is 1.37 bits per heavy atom. The van der Waals surface area contributed by atoms with Crippen molar-refractivity contribution in [3.8, 4) is 11.8 Å². The van der Waals surface area contributed by atoms with Gasteiger partial charge < -0.3 is 14.8 Å². The molecule has 0 spiro atoms. The molecule has 0 heterocycles. The minimum Gasteiger partial charge on any atom is -0.479 e. The fraction of sp³-hybridized carbons (Fsp3) is 0.533. The second-order valence-corrected chi connectivity index (χ2v) is 4.78. The zero-order valence-electron chi connectivity index (χ0n) is 11.8. The molecule has 1 atom stereocenters. The molecule has 1 aromatic carbocycles. The number of methoxy groups -OCH3 is 1. The van der Waals surface area contributed by atoms with E-state index in [1.54, 1.807) is 7.11 Å². The number of nitrogens with one attached hydrogen (secondary N) is 1. The van der Waals surface area contributed by atoms with Gasteiger partial charge in [-0.15, -0.1) is 0 Å².